The summed E-state index contributed by atoms with van der Waals surface area (Å²) in [4.78, 5) is 0. The van der Waals surface area contributed by atoms with Crippen LogP contribution < -0.4 is 16.0 Å². The first-order valence-electron chi connectivity index (χ1n) is 7.16. The quantitative estimate of drug-likeness (QED) is 0.603. The van der Waals surface area contributed by atoms with Gasteiger partial charge in [-0.25, -0.2) is 0 Å². The molecule has 0 saturated carbocycles. The molecule has 0 spiro atoms. The highest BCUT2D eigenvalue weighted by atomic mass is 35.5. The minimum absolute atomic E-state index is 0.0219. The van der Waals surface area contributed by atoms with Gasteiger partial charge in [-0.15, -0.1) is 0 Å². The second kappa shape index (κ2) is 8.03. The van der Waals surface area contributed by atoms with E-state index in [1.165, 1.54) is 0 Å². The predicted molar refractivity (Wildman–Crippen MR) is 87.4 cm³/mol. The monoisotopic (exact) mass is 304 g/mol. The number of ether oxygens (including phenoxy) is 1. The molecule has 0 aliphatic rings. The van der Waals surface area contributed by atoms with Gasteiger partial charge in [0.2, 0.25) is 0 Å². The fraction of sp³-hybridized carbons (Fsp3) is 0.294. The lowest BCUT2D eigenvalue weighted by Gasteiger charge is -2.17. The third-order valence-corrected chi connectivity index (χ3v) is 3.50. The van der Waals surface area contributed by atoms with Crippen LogP contribution in [-0.4, -0.2) is 6.61 Å². The second-order valence-electron chi connectivity index (χ2n) is 4.97. The summed E-state index contributed by atoms with van der Waals surface area (Å²) in [5, 5.41) is 0.739. The van der Waals surface area contributed by atoms with Gasteiger partial charge in [-0.3, -0.25) is 11.3 Å². The van der Waals surface area contributed by atoms with Gasteiger partial charge >= 0.3 is 0 Å². The topological polar surface area (TPSA) is 47.3 Å². The highest BCUT2D eigenvalue weighted by Crippen LogP contribution is 2.23. The zero-order valence-corrected chi connectivity index (χ0v) is 12.9. The van der Waals surface area contributed by atoms with Crippen molar-refractivity contribution in [1.29, 1.82) is 0 Å². The minimum atomic E-state index is 0.0219. The van der Waals surface area contributed by atoms with E-state index in [0.717, 1.165) is 41.3 Å². The van der Waals surface area contributed by atoms with E-state index in [4.69, 9.17) is 22.2 Å². The number of benzene rings is 2. The molecule has 3 N–H and O–H groups in total. The zero-order chi connectivity index (χ0) is 15.1. The number of hydrogen-bond acceptors (Lipinski definition) is 3. The molecule has 2 aromatic rings. The average Bonchev–Trinajstić information content (AvgIpc) is 2.51. The van der Waals surface area contributed by atoms with Crippen molar-refractivity contribution < 1.29 is 4.74 Å². The number of rotatable bonds is 7. The van der Waals surface area contributed by atoms with Crippen molar-refractivity contribution in [2.45, 2.75) is 25.8 Å². The van der Waals surface area contributed by atoms with Gasteiger partial charge in [-0.1, -0.05) is 42.8 Å². The molecule has 0 aliphatic carbocycles. The third-order valence-electron chi connectivity index (χ3n) is 3.26. The maximum absolute atomic E-state index is 6.03. The molecule has 0 radical (unpaired) electrons. The van der Waals surface area contributed by atoms with Gasteiger partial charge in [0.05, 0.1) is 12.6 Å². The first-order chi connectivity index (χ1) is 10.2. The fourth-order valence-electron chi connectivity index (χ4n) is 2.21. The van der Waals surface area contributed by atoms with Crippen molar-refractivity contribution in [1.82, 2.24) is 5.43 Å². The molecule has 0 aromatic heterocycles. The predicted octanol–water partition coefficient (Wildman–Crippen LogP) is 3.88. The SMILES string of the molecule is CCCOc1cccc(C(Cc2cccc(Cl)c2)NN)c1. The summed E-state index contributed by atoms with van der Waals surface area (Å²) in [5.41, 5.74) is 5.12. The summed E-state index contributed by atoms with van der Waals surface area (Å²) >= 11 is 6.03. The van der Waals surface area contributed by atoms with Crippen LogP contribution in [0.2, 0.25) is 5.02 Å². The Morgan fingerprint density at radius 2 is 2.00 bits per heavy atom. The van der Waals surface area contributed by atoms with E-state index in [2.05, 4.69) is 12.3 Å². The van der Waals surface area contributed by atoms with Crippen molar-refractivity contribution in [2.75, 3.05) is 6.61 Å². The number of nitrogens with two attached hydrogens (primary N) is 1. The molecule has 0 heterocycles. The molecular weight excluding hydrogens is 284 g/mol. The molecule has 2 rings (SSSR count). The van der Waals surface area contributed by atoms with Gasteiger partial charge in [0.1, 0.15) is 5.75 Å². The van der Waals surface area contributed by atoms with Gasteiger partial charge in [0.15, 0.2) is 0 Å². The molecule has 112 valence electrons. The Morgan fingerprint density at radius 3 is 2.71 bits per heavy atom. The summed E-state index contributed by atoms with van der Waals surface area (Å²) in [6, 6.07) is 15.9. The first-order valence-corrected chi connectivity index (χ1v) is 7.54. The van der Waals surface area contributed by atoms with E-state index in [0.29, 0.717) is 0 Å². The lowest BCUT2D eigenvalue weighted by atomic mass is 9.99. The van der Waals surface area contributed by atoms with E-state index in [9.17, 15) is 0 Å². The Morgan fingerprint density at radius 1 is 1.19 bits per heavy atom. The molecule has 0 fully saturated rings. The van der Waals surface area contributed by atoms with Crippen LogP contribution in [0.5, 0.6) is 5.75 Å². The normalized spacial score (nSPS) is 12.1. The minimum Gasteiger partial charge on any atom is -0.494 e. The lowest BCUT2D eigenvalue weighted by molar-refractivity contribution is 0.316. The number of halogens is 1. The molecule has 0 saturated heterocycles. The highest BCUT2D eigenvalue weighted by Gasteiger charge is 2.11. The number of hydrogen-bond donors (Lipinski definition) is 2. The van der Waals surface area contributed by atoms with Crippen LogP contribution in [0.15, 0.2) is 48.5 Å². The van der Waals surface area contributed by atoms with Gasteiger partial charge in [-0.2, -0.15) is 0 Å². The third kappa shape index (κ3) is 4.74. The van der Waals surface area contributed by atoms with Gasteiger partial charge < -0.3 is 4.74 Å². The van der Waals surface area contributed by atoms with Crippen LogP contribution in [0.1, 0.15) is 30.5 Å². The summed E-state index contributed by atoms with van der Waals surface area (Å²) in [5.74, 6) is 6.59. The standard InChI is InChI=1S/C17H21ClN2O/c1-2-9-21-16-8-4-6-14(12-16)17(20-19)11-13-5-3-7-15(18)10-13/h3-8,10,12,17,20H,2,9,11,19H2,1H3. The van der Waals surface area contributed by atoms with E-state index < -0.39 is 0 Å². The molecule has 1 atom stereocenters. The molecule has 2 aromatic carbocycles. The second-order valence-corrected chi connectivity index (χ2v) is 5.41. The lowest BCUT2D eigenvalue weighted by Crippen LogP contribution is -2.29. The molecule has 3 nitrogen and oxygen atoms in total. The Bertz CT molecular complexity index is 574. The van der Waals surface area contributed by atoms with Crippen molar-refractivity contribution in [2.24, 2.45) is 5.84 Å². The van der Waals surface area contributed by atoms with Crippen molar-refractivity contribution in [3.63, 3.8) is 0 Å². The molecular formula is C17H21ClN2O. The van der Waals surface area contributed by atoms with Crippen LogP contribution in [0, 0.1) is 0 Å². The summed E-state index contributed by atoms with van der Waals surface area (Å²) in [7, 11) is 0. The highest BCUT2D eigenvalue weighted by molar-refractivity contribution is 6.30. The van der Waals surface area contributed by atoms with Gasteiger partial charge in [0.25, 0.3) is 0 Å². The summed E-state index contributed by atoms with van der Waals surface area (Å²) < 4.78 is 5.67. The van der Waals surface area contributed by atoms with Crippen molar-refractivity contribution in [3.05, 3.63) is 64.7 Å². The maximum atomic E-state index is 6.03. The van der Waals surface area contributed by atoms with Crippen LogP contribution in [0.4, 0.5) is 0 Å². The van der Waals surface area contributed by atoms with Crippen LogP contribution >= 0.6 is 11.6 Å². The van der Waals surface area contributed by atoms with E-state index in [1.807, 2.05) is 48.5 Å². The first kappa shape index (κ1) is 15.8. The van der Waals surface area contributed by atoms with E-state index in [1.54, 1.807) is 0 Å². The molecule has 0 aliphatic heterocycles. The largest absolute Gasteiger partial charge is 0.494 e. The summed E-state index contributed by atoms with van der Waals surface area (Å²) in [6.45, 7) is 2.81. The zero-order valence-electron chi connectivity index (χ0n) is 12.2. The fourth-order valence-corrected chi connectivity index (χ4v) is 2.43. The van der Waals surface area contributed by atoms with E-state index in [-0.39, 0.29) is 6.04 Å². The van der Waals surface area contributed by atoms with Gasteiger partial charge in [0, 0.05) is 5.02 Å². The molecule has 21 heavy (non-hydrogen) atoms. The van der Waals surface area contributed by atoms with Crippen LogP contribution in [-0.2, 0) is 6.42 Å². The van der Waals surface area contributed by atoms with Crippen LogP contribution in [0.3, 0.4) is 0 Å². The average molecular weight is 305 g/mol. The Kier molecular flexibility index (Phi) is 6.05. The summed E-state index contributed by atoms with van der Waals surface area (Å²) in [6.07, 6.45) is 1.76. The number of nitrogens with one attached hydrogen (secondary N) is 1. The Labute approximate surface area is 131 Å². The van der Waals surface area contributed by atoms with E-state index >= 15 is 0 Å². The van der Waals surface area contributed by atoms with Gasteiger partial charge in [-0.05, 0) is 48.2 Å². The maximum Gasteiger partial charge on any atom is 0.119 e. The Balaban J connectivity index is 2.13. The number of hydrazine groups is 1. The Hall–Kier alpha value is -1.55. The smallest absolute Gasteiger partial charge is 0.119 e. The molecule has 4 heteroatoms. The molecule has 0 amide bonds. The van der Waals surface area contributed by atoms with Crippen LogP contribution in [0.25, 0.3) is 0 Å². The van der Waals surface area contributed by atoms with Crippen molar-refractivity contribution in [3.8, 4) is 5.75 Å². The molecule has 0 bridgehead atoms. The molecule has 1 unspecified atom stereocenters. The van der Waals surface area contributed by atoms with Crippen molar-refractivity contribution >= 4 is 11.6 Å².